The van der Waals surface area contributed by atoms with Gasteiger partial charge in [0.2, 0.25) is 0 Å². The van der Waals surface area contributed by atoms with Crippen molar-refractivity contribution in [3.63, 3.8) is 0 Å². The van der Waals surface area contributed by atoms with E-state index >= 15 is 0 Å². The summed E-state index contributed by atoms with van der Waals surface area (Å²) < 4.78 is 4.56. The predicted octanol–water partition coefficient (Wildman–Crippen LogP) is 2.11. The summed E-state index contributed by atoms with van der Waals surface area (Å²) in [7, 11) is 1.60. The van der Waals surface area contributed by atoms with Gasteiger partial charge in [-0.2, -0.15) is 0 Å². The molecule has 0 aromatic rings. The van der Waals surface area contributed by atoms with E-state index in [1.165, 1.54) is 6.08 Å². The molecule has 0 aliphatic rings. The minimum atomic E-state index is -0.694. The normalized spacial score (nSPS) is 9.18. The molecule has 0 bridgehead atoms. The molecule has 0 atom stereocenters. The summed E-state index contributed by atoms with van der Waals surface area (Å²) in [6.45, 7) is 12.0. The van der Waals surface area contributed by atoms with Gasteiger partial charge in [0.15, 0.2) is 0 Å². The van der Waals surface area contributed by atoms with Crippen LogP contribution in [0, 0.1) is 0 Å². The summed E-state index contributed by atoms with van der Waals surface area (Å²) in [5.41, 5.74) is -0.694. The van der Waals surface area contributed by atoms with Gasteiger partial charge in [-0.3, -0.25) is 0 Å². The third-order valence-corrected chi connectivity index (χ3v) is 0.848. The van der Waals surface area contributed by atoms with Gasteiger partial charge in [0.1, 0.15) is 0 Å². The van der Waals surface area contributed by atoms with E-state index in [0.29, 0.717) is 0 Å². The lowest BCUT2D eigenvalue weighted by atomic mass is 10.1. The molecule has 0 rings (SSSR count). The Balaban J connectivity index is 0. The van der Waals surface area contributed by atoms with Crippen molar-refractivity contribution in [1.29, 1.82) is 0 Å². The Morgan fingerprint density at radius 3 is 1.73 bits per heavy atom. The first kappa shape index (κ1) is 12.9. The fourth-order valence-electron chi connectivity index (χ4n) is 0. The number of ether oxygens (including phenoxy) is 1. The Hall–Kier alpha value is -0.760. The van der Waals surface area contributed by atoms with Crippen LogP contribution in [0.4, 0.5) is 0 Å². The number of aliphatic hydroxyl groups is 1. The van der Waals surface area contributed by atoms with Crippen molar-refractivity contribution < 1.29 is 9.84 Å². The van der Waals surface area contributed by atoms with Crippen LogP contribution in [0.25, 0.3) is 0 Å². The van der Waals surface area contributed by atoms with Crippen molar-refractivity contribution in [3.05, 3.63) is 25.0 Å². The second-order valence-corrected chi connectivity index (χ2v) is 2.76. The summed E-state index contributed by atoms with van der Waals surface area (Å²) in [5.74, 6) is 0.755. The van der Waals surface area contributed by atoms with Crippen molar-refractivity contribution in [1.82, 2.24) is 0 Å². The van der Waals surface area contributed by atoms with Crippen LogP contribution in [-0.2, 0) is 4.74 Å². The maximum Gasteiger partial charge on any atom is 0.0853 e. The number of rotatable bonds is 2. The van der Waals surface area contributed by atoms with E-state index in [1.54, 1.807) is 27.9 Å². The zero-order valence-electron chi connectivity index (χ0n) is 7.85. The second kappa shape index (κ2) is 5.98. The molecule has 2 nitrogen and oxygen atoms in total. The van der Waals surface area contributed by atoms with Crippen molar-refractivity contribution in [2.45, 2.75) is 26.4 Å². The van der Waals surface area contributed by atoms with Gasteiger partial charge in [0.05, 0.1) is 18.5 Å². The Kier molecular flexibility index (Phi) is 7.00. The van der Waals surface area contributed by atoms with Gasteiger partial charge >= 0.3 is 0 Å². The highest BCUT2D eigenvalue weighted by Crippen LogP contribution is 1.98. The minimum Gasteiger partial charge on any atom is -0.502 e. The van der Waals surface area contributed by atoms with E-state index in [9.17, 15) is 0 Å². The van der Waals surface area contributed by atoms with Crippen LogP contribution in [-0.4, -0.2) is 17.8 Å². The molecule has 2 heteroatoms. The van der Waals surface area contributed by atoms with Crippen LogP contribution in [0.5, 0.6) is 0 Å². The molecule has 0 spiro atoms. The number of methoxy groups -OCH3 is 1. The van der Waals surface area contributed by atoms with Gasteiger partial charge in [0, 0.05) is 0 Å². The molecule has 0 heterocycles. The molecular weight excluding hydrogens is 140 g/mol. The Morgan fingerprint density at radius 2 is 1.73 bits per heavy atom. The molecule has 66 valence electrons. The lowest BCUT2D eigenvalue weighted by molar-refractivity contribution is 0.133. The summed E-state index contributed by atoms with van der Waals surface area (Å²) in [6.07, 6.45) is 1.49. The standard InChI is InChI=1S/C5H10O.C4H8O/c1-4-5(2,3)6;1-4(2)5-3/h4,6H,1H2,2-3H3;1H2,2-3H3. The van der Waals surface area contributed by atoms with Gasteiger partial charge in [-0.15, -0.1) is 6.58 Å². The summed E-state index contributed by atoms with van der Waals surface area (Å²) >= 11 is 0. The lowest BCUT2D eigenvalue weighted by Crippen LogP contribution is -2.12. The Bertz CT molecular complexity index is 120. The smallest absolute Gasteiger partial charge is 0.0853 e. The molecule has 0 aromatic heterocycles. The highest BCUT2D eigenvalue weighted by molar-refractivity contribution is 4.86. The van der Waals surface area contributed by atoms with E-state index in [4.69, 9.17) is 5.11 Å². The molecule has 0 aliphatic carbocycles. The van der Waals surface area contributed by atoms with Crippen molar-refractivity contribution in [2.24, 2.45) is 0 Å². The fraction of sp³-hybridized carbons (Fsp3) is 0.556. The van der Waals surface area contributed by atoms with Gasteiger partial charge in [-0.1, -0.05) is 12.7 Å². The first-order chi connectivity index (χ1) is 4.83. The van der Waals surface area contributed by atoms with Crippen LogP contribution in [0.3, 0.4) is 0 Å². The third kappa shape index (κ3) is 26.9. The molecule has 0 unspecified atom stereocenters. The average molecular weight is 158 g/mol. The summed E-state index contributed by atoms with van der Waals surface area (Å²) in [5, 5.41) is 8.71. The van der Waals surface area contributed by atoms with E-state index in [1.807, 2.05) is 0 Å². The molecule has 0 aliphatic heterocycles. The van der Waals surface area contributed by atoms with Gasteiger partial charge in [0.25, 0.3) is 0 Å². The molecule has 0 fully saturated rings. The highest BCUT2D eigenvalue weighted by atomic mass is 16.5. The topological polar surface area (TPSA) is 29.5 Å². The first-order valence-electron chi connectivity index (χ1n) is 3.39. The molecule has 1 N–H and O–H groups in total. The largest absolute Gasteiger partial charge is 0.502 e. The number of hydrogen-bond acceptors (Lipinski definition) is 2. The zero-order chi connectivity index (χ0) is 9.49. The summed E-state index contributed by atoms with van der Waals surface area (Å²) in [4.78, 5) is 0. The third-order valence-electron chi connectivity index (χ3n) is 0.848. The lowest BCUT2D eigenvalue weighted by Gasteiger charge is -2.07. The molecule has 0 saturated heterocycles. The van der Waals surface area contributed by atoms with E-state index < -0.39 is 5.60 Å². The Morgan fingerprint density at radius 1 is 1.55 bits per heavy atom. The van der Waals surface area contributed by atoms with E-state index in [-0.39, 0.29) is 0 Å². The molecule has 11 heavy (non-hydrogen) atoms. The quantitative estimate of drug-likeness (QED) is 0.492. The minimum absolute atomic E-state index is 0.694. The maximum atomic E-state index is 8.71. The van der Waals surface area contributed by atoms with Gasteiger partial charge in [-0.25, -0.2) is 0 Å². The second-order valence-electron chi connectivity index (χ2n) is 2.76. The summed E-state index contributed by atoms with van der Waals surface area (Å²) in [6, 6.07) is 0. The Labute approximate surface area is 69.2 Å². The van der Waals surface area contributed by atoms with Crippen molar-refractivity contribution in [3.8, 4) is 0 Å². The van der Waals surface area contributed by atoms with Crippen LogP contribution in [0.15, 0.2) is 25.0 Å². The maximum absolute atomic E-state index is 8.71. The monoisotopic (exact) mass is 158 g/mol. The first-order valence-corrected chi connectivity index (χ1v) is 3.39. The fourth-order valence-corrected chi connectivity index (χ4v) is 0. The van der Waals surface area contributed by atoms with Crippen LogP contribution < -0.4 is 0 Å². The van der Waals surface area contributed by atoms with Crippen LogP contribution in [0.2, 0.25) is 0 Å². The van der Waals surface area contributed by atoms with Crippen molar-refractivity contribution >= 4 is 0 Å². The number of hydrogen-bond donors (Lipinski definition) is 1. The molecule has 0 aromatic carbocycles. The SMILES string of the molecule is C=C(C)OC.C=CC(C)(C)O. The van der Waals surface area contributed by atoms with Gasteiger partial charge < -0.3 is 9.84 Å². The zero-order valence-corrected chi connectivity index (χ0v) is 7.85. The molecular formula is C9H18O2. The number of allylic oxidation sites excluding steroid dienone is 1. The van der Waals surface area contributed by atoms with E-state index in [2.05, 4.69) is 17.9 Å². The van der Waals surface area contributed by atoms with Gasteiger partial charge in [-0.05, 0) is 20.8 Å². The predicted molar refractivity (Wildman–Crippen MR) is 48.3 cm³/mol. The highest BCUT2D eigenvalue weighted by Gasteiger charge is 2.02. The van der Waals surface area contributed by atoms with E-state index in [0.717, 1.165) is 5.76 Å². The molecule has 0 amide bonds. The van der Waals surface area contributed by atoms with Crippen molar-refractivity contribution in [2.75, 3.05) is 7.11 Å². The average Bonchev–Trinajstić information content (AvgIpc) is 1.88. The van der Waals surface area contributed by atoms with Crippen LogP contribution in [0.1, 0.15) is 20.8 Å². The van der Waals surface area contributed by atoms with Crippen LogP contribution >= 0.6 is 0 Å². The molecule has 0 saturated carbocycles. The molecule has 0 radical (unpaired) electrons.